The summed E-state index contributed by atoms with van der Waals surface area (Å²) in [7, 11) is 6.16. The van der Waals surface area contributed by atoms with E-state index in [0.29, 0.717) is 5.88 Å². The maximum Gasteiger partial charge on any atom is 0.215 e. The van der Waals surface area contributed by atoms with E-state index >= 15 is 0 Å². The van der Waals surface area contributed by atoms with Crippen LogP contribution in [-0.4, -0.2) is 21.1 Å². The Hall–Kier alpha value is -2.62. The number of hydrogen-bond acceptors (Lipinski definition) is 2. The molecule has 1 heterocycles. The molecule has 0 aliphatic rings. The van der Waals surface area contributed by atoms with E-state index < -0.39 is 0 Å². The van der Waals surface area contributed by atoms with Gasteiger partial charge >= 0.3 is 0 Å². The molecule has 0 saturated carbocycles. The van der Waals surface area contributed by atoms with Crippen molar-refractivity contribution in [1.29, 1.82) is 0 Å². The van der Waals surface area contributed by atoms with Crippen LogP contribution in [0.5, 0.6) is 0 Å². The third kappa shape index (κ3) is 4.07. The average Bonchev–Trinajstić information content (AvgIpc) is 2.74. The quantitative estimate of drug-likeness (QED) is 0.281. The van der Waals surface area contributed by atoms with E-state index in [1.807, 2.05) is 7.05 Å². The average molecular weight is 405 g/mol. The molecular weight excluding hydrogens is 378 g/mol. The van der Waals surface area contributed by atoms with Gasteiger partial charge < -0.3 is 10.2 Å². The van der Waals surface area contributed by atoms with E-state index in [0.717, 1.165) is 18.7 Å². The van der Waals surface area contributed by atoms with Crippen molar-refractivity contribution < 1.29 is 4.57 Å². The van der Waals surface area contributed by atoms with E-state index in [9.17, 15) is 0 Å². The molecule has 0 spiro atoms. The number of hydrogen-bond donors (Lipinski definition) is 1. The predicted molar refractivity (Wildman–Crippen MR) is 124 cm³/mol. The minimum atomic E-state index is 0.534. The van der Waals surface area contributed by atoms with Crippen LogP contribution in [0.15, 0.2) is 66.7 Å². The number of alkyl halides is 1. The number of nitrogens with one attached hydrogen (secondary N) is 1. The second-order valence-electron chi connectivity index (χ2n) is 7.75. The molecule has 0 bridgehead atoms. The van der Waals surface area contributed by atoms with Gasteiger partial charge in [0, 0.05) is 60.7 Å². The van der Waals surface area contributed by atoms with Gasteiger partial charge in [-0.2, -0.15) is 4.57 Å². The van der Waals surface area contributed by atoms with Crippen molar-refractivity contribution in [2.75, 3.05) is 26.0 Å². The van der Waals surface area contributed by atoms with Crippen molar-refractivity contribution in [3.05, 3.63) is 83.4 Å². The normalized spacial score (nSPS) is 11.3. The van der Waals surface area contributed by atoms with Crippen LogP contribution in [0, 0.1) is 0 Å². The van der Waals surface area contributed by atoms with E-state index in [1.54, 1.807) is 0 Å². The Morgan fingerprint density at radius 1 is 0.828 bits per heavy atom. The molecular formula is C25H27ClN3+. The molecule has 0 amide bonds. The first-order valence-corrected chi connectivity index (χ1v) is 10.5. The summed E-state index contributed by atoms with van der Waals surface area (Å²) in [6.45, 7) is 1.66. The summed E-state index contributed by atoms with van der Waals surface area (Å²) < 4.78 is 2.43. The molecule has 4 rings (SSSR count). The van der Waals surface area contributed by atoms with Crippen LogP contribution in [0.25, 0.3) is 21.8 Å². The summed E-state index contributed by atoms with van der Waals surface area (Å²) in [5.41, 5.74) is 7.38. The number of nitrogens with zero attached hydrogens (tertiary/aromatic N) is 2. The molecule has 3 nitrogen and oxygen atoms in total. The highest BCUT2D eigenvalue weighted by atomic mass is 35.5. The molecule has 0 radical (unpaired) electrons. The van der Waals surface area contributed by atoms with E-state index in [2.05, 4.69) is 95.6 Å². The highest BCUT2D eigenvalue weighted by Crippen LogP contribution is 2.24. The molecule has 4 heteroatoms. The Morgan fingerprint density at radius 2 is 1.55 bits per heavy atom. The molecule has 0 unspecified atom stereocenters. The molecule has 3 aromatic carbocycles. The summed E-state index contributed by atoms with van der Waals surface area (Å²) in [4.78, 5) is 2.15. The molecule has 0 saturated heterocycles. The van der Waals surface area contributed by atoms with Crippen molar-refractivity contribution in [2.24, 2.45) is 0 Å². The SMILES string of the molecule is CNCc1ccc2cc3ccc(N(C)C)cc3[n+](Cc3cccc(CCl)c3)c2c1. The summed E-state index contributed by atoms with van der Waals surface area (Å²) in [6, 6.07) is 24.3. The number of halogens is 1. The van der Waals surface area contributed by atoms with Crippen LogP contribution >= 0.6 is 11.6 Å². The Labute approximate surface area is 177 Å². The van der Waals surface area contributed by atoms with Gasteiger partial charge in [-0.15, -0.1) is 11.6 Å². The van der Waals surface area contributed by atoms with Crippen LogP contribution in [0.2, 0.25) is 0 Å². The van der Waals surface area contributed by atoms with Crippen molar-refractivity contribution in [2.45, 2.75) is 19.0 Å². The lowest BCUT2D eigenvalue weighted by Crippen LogP contribution is -2.36. The van der Waals surface area contributed by atoms with E-state index in [-0.39, 0.29) is 0 Å². The number of pyridine rings is 1. The molecule has 148 valence electrons. The van der Waals surface area contributed by atoms with Crippen molar-refractivity contribution >= 4 is 39.1 Å². The number of benzene rings is 3. The first kappa shape index (κ1) is 19.7. The third-order valence-electron chi connectivity index (χ3n) is 5.39. The molecule has 29 heavy (non-hydrogen) atoms. The van der Waals surface area contributed by atoms with Gasteiger partial charge in [0.1, 0.15) is 0 Å². The smallest absolute Gasteiger partial charge is 0.215 e. The van der Waals surface area contributed by atoms with Gasteiger partial charge in [0.15, 0.2) is 6.54 Å². The fraction of sp³-hybridized carbons (Fsp3) is 0.240. The molecule has 0 aliphatic carbocycles. The highest BCUT2D eigenvalue weighted by molar-refractivity contribution is 6.17. The van der Waals surface area contributed by atoms with Crippen LogP contribution in [0.4, 0.5) is 5.69 Å². The van der Waals surface area contributed by atoms with Crippen LogP contribution in [0.1, 0.15) is 16.7 Å². The minimum absolute atomic E-state index is 0.534. The Morgan fingerprint density at radius 3 is 2.28 bits per heavy atom. The summed E-state index contributed by atoms with van der Waals surface area (Å²) >= 11 is 6.08. The van der Waals surface area contributed by atoms with Gasteiger partial charge in [0.25, 0.3) is 0 Å². The standard InChI is InChI=1S/C25H27ClN3/c1-27-16-19-7-8-21-13-22-9-10-23(28(2)3)14-25(22)29(24(21)12-19)17-20-6-4-5-18(11-20)15-26/h4-14,27H,15-17H2,1-3H3/q+1. The number of rotatable bonds is 6. The Kier molecular flexibility index (Phi) is 5.70. The second kappa shape index (κ2) is 8.40. The van der Waals surface area contributed by atoms with Crippen molar-refractivity contribution in [3.63, 3.8) is 0 Å². The minimum Gasteiger partial charge on any atom is -0.377 e. The molecule has 1 aromatic heterocycles. The predicted octanol–water partition coefficient (Wildman–Crippen LogP) is 4.85. The van der Waals surface area contributed by atoms with Crippen molar-refractivity contribution in [1.82, 2.24) is 5.32 Å². The van der Waals surface area contributed by atoms with E-state index in [4.69, 9.17) is 11.6 Å². The Balaban J connectivity index is 1.97. The van der Waals surface area contributed by atoms with E-state index in [1.165, 1.54) is 38.6 Å². The number of anilines is 1. The molecule has 4 aromatic rings. The maximum atomic E-state index is 6.08. The van der Waals surface area contributed by atoms with Crippen LogP contribution < -0.4 is 14.8 Å². The van der Waals surface area contributed by atoms with Crippen molar-refractivity contribution in [3.8, 4) is 0 Å². The largest absolute Gasteiger partial charge is 0.377 e. The molecule has 0 fully saturated rings. The van der Waals surface area contributed by atoms with Crippen LogP contribution in [-0.2, 0) is 19.0 Å². The number of fused-ring (bicyclic) bond motifs is 2. The van der Waals surface area contributed by atoms with Gasteiger partial charge in [-0.05, 0) is 48.5 Å². The molecule has 1 N–H and O–H groups in total. The first-order chi connectivity index (χ1) is 14.1. The summed E-state index contributed by atoms with van der Waals surface area (Å²) in [5.74, 6) is 0.534. The van der Waals surface area contributed by atoms with Gasteiger partial charge in [-0.25, -0.2) is 0 Å². The zero-order chi connectivity index (χ0) is 20.4. The van der Waals surface area contributed by atoms with Gasteiger partial charge in [0.05, 0.1) is 0 Å². The first-order valence-electron chi connectivity index (χ1n) is 9.94. The molecule has 0 aliphatic heterocycles. The lowest BCUT2D eigenvalue weighted by Gasteiger charge is -2.14. The van der Waals surface area contributed by atoms with Gasteiger partial charge in [-0.1, -0.05) is 24.3 Å². The van der Waals surface area contributed by atoms with Crippen LogP contribution in [0.3, 0.4) is 0 Å². The molecule has 0 atom stereocenters. The number of aromatic nitrogens is 1. The topological polar surface area (TPSA) is 19.1 Å². The highest BCUT2D eigenvalue weighted by Gasteiger charge is 2.18. The van der Waals surface area contributed by atoms with Gasteiger partial charge in [-0.3, -0.25) is 0 Å². The fourth-order valence-electron chi connectivity index (χ4n) is 3.89. The summed E-state index contributed by atoms with van der Waals surface area (Å²) in [6.07, 6.45) is 0. The van der Waals surface area contributed by atoms with Gasteiger partial charge in [0.2, 0.25) is 11.0 Å². The second-order valence-corrected chi connectivity index (χ2v) is 8.01. The fourth-order valence-corrected chi connectivity index (χ4v) is 4.05. The Bertz CT molecular complexity index is 1170. The third-order valence-corrected chi connectivity index (χ3v) is 5.69. The zero-order valence-electron chi connectivity index (χ0n) is 17.2. The summed E-state index contributed by atoms with van der Waals surface area (Å²) in [5, 5.41) is 5.76. The lowest BCUT2D eigenvalue weighted by molar-refractivity contribution is -0.635. The monoisotopic (exact) mass is 404 g/mol. The lowest BCUT2D eigenvalue weighted by atomic mass is 10.1. The zero-order valence-corrected chi connectivity index (χ0v) is 18.0. The maximum absolute atomic E-state index is 6.08.